The average molecular weight is 383 g/mol. The van der Waals surface area contributed by atoms with Gasteiger partial charge < -0.3 is 0 Å². The lowest BCUT2D eigenvalue weighted by molar-refractivity contribution is 0.536. The van der Waals surface area contributed by atoms with Gasteiger partial charge in [-0.25, -0.2) is 0 Å². The lowest BCUT2D eigenvalue weighted by atomic mass is 9.78. The SMILES string of the molecule is ClCC(CCl)(Cc1cccc(Cl)c1Cl)c1ccccc1Cl. The summed E-state index contributed by atoms with van der Waals surface area (Å²) in [5.74, 6) is 0.673. The van der Waals surface area contributed by atoms with Crippen LogP contribution in [0.4, 0.5) is 0 Å². The largest absolute Gasteiger partial charge is 0.126 e. The maximum absolute atomic E-state index is 6.33. The van der Waals surface area contributed by atoms with Crippen LogP contribution in [-0.2, 0) is 11.8 Å². The second kappa shape index (κ2) is 7.44. The molecule has 0 spiro atoms. The molecule has 0 amide bonds. The van der Waals surface area contributed by atoms with Crippen molar-refractivity contribution in [2.24, 2.45) is 0 Å². The number of hydrogen-bond acceptors (Lipinski definition) is 0. The Labute approximate surface area is 149 Å². The molecule has 0 saturated carbocycles. The van der Waals surface area contributed by atoms with Gasteiger partial charge in [0.2, 0.25) is 0 Å². The van der Waals surface area contributed by atoms with Crippen LogP contribution in [0.3, 0.4) is 0 Å². The molecule has 0 atom stereocenters. The number of alkyl halides is 2. The van der Waals surface area contributed by atoms with Crippen LogP contribution in [0.2, 0.25) is 15.1 Å². The minimum absolute atomic E-state index is 0.336. The van der Waals surface area contributed by atoms with E-state index in [0.717, 1.165) is 11.1 Å². The third-order valence-corrected chi connectivity index (χ3v) is 5.73. The summed E-state index contributed by atoms with van der Waals surface area (Å²) in [6.07, 6.45) is 0.573. The molecule has 0 aliphatic rings. The summed E-state index contributed by atoms with van der Waals surface area (Å²) in [5.41, 5.74) is 1.34. The highest BCUT2D eigenvalue weighted by Crippen LogP contribution is 2.38. The van der Waals surface area contributed by atoms with Crippen LogP contribution >= 0.6 is 58.0 Å². The third-order valence-electron chi connectivity index (χ3n) is 3.52. The first-order chi connectivity index (χ1) is 10.0. The Kier molecular flexibility index (Phi) is 6.11. The van der Waals surface area contributed by atoms with Crippen molar-refractivity contribution in [1.82, 2.24) is 0 Å². The third kappa shape index (κ3) is 3.63. The van der Waals surface area contributed by atoms with Gasteiger partial charge in [0.15, 0.2) is 0 Å². The van der Waals surface area contributed by atoms with Gasteiger partial charge in [0.05, 0.1) is 10.0 Å². The Bertz CT molecular complexity index is 620. The van der Waals surface area contributed by atoms with Gasteiger partial charge in [-0.2, -0.15) is 0 Å². The first-order valence-electron chi connectivity index (χ1n) is 6.34. The molecule has 0 unspecified atom stereocenters. The molecule has 5 heteroatoms. The Morgan fingerprint density at radius 2 is 1.38 bits per heavy atom. The second-order valence-electron chi connectivity index (χ2n) is 4.92. The molecular formula is C16H13Cl5. The van der Waals surface area contributed by atoms with Crippen LogP contribution in [0.25, 0.3) is 0 Å². The van der Waals surface area contributed by atoms with Crippen LogP contribution in [0.5, 0.6) is 0 Å². The lowest BCUT2D eigenvalue weighted by Crippen LogP contribution is -2.33. The van der Waals surface area contributed by atoms with Crippen molar-refractivity contribution in [1.29, 1.82) is 0 Å². The van der Waals surface area contributed by atoms with E-state index in [-0.39, 0.29) is 0 Å². The number of rotatable bonds is 5. The summed E-state index contributed by atoms with van der Waals surface area (Å²) >= 11 is 31.2. The summed E-state index contributed by atoms with van der Waals surface area (Å²) in [4.78, 5) is 0. The molecule has 0 aliphatic heterocycles. The van der Waals surface area contributed by atoms with Crippen LogP contribution in [0.15, 0.2) is 42.5 Å². The van der Waals surface area contributed by atoms with Gasteiger partial charge in [-0.15, -0.1) is 23.2 Å². The van der Waals surface area contributed by atoms with E-state index in [9.17, 15) is 0 Å². The fourth-order valence-corrected chi connectivity index (χ4v) is 3.80. The quantitative estimate of drug-likeness (QED) is 0.511. The van der Waals surface area contributed by atoms with Crippen molar-refractivity contribution < 1.29 is 0 Å². The molecule has 112 valence electrons. The second-order valence-corrected chi connectivity index (χ2v) is 6.64. The van der Waals surface area contributed by atoms with Crippen LogP contribution in [-0.4, -0.2) is 11.8 Å². The van der Waals surface area contributed by atoms with Gasteiger partial charge in [-0.3, -0.25) is 0 Å². The number of benzene rings is 2. The van der Waals surface area contributed by atoms with Gasteiger partial charge >= 0.3 is 0 Å². The van der Waals surface area contributed by atoms with Crippen molar-refractivity contribution >= 4 is 58.0 Å². The molecule has 0 fully saturated rings. The lowest BCUT2D eigenvalue weighted by Gasteiger charge is -2.31. The van der Waals surface area contributed by atoms with E-state index < -0.39 is 5.41 Å². The van der Waals surface area contributed by atoms with E-state index in [1.54, 1.807) is 6.07 Å². The predicted molar refractivity (Wildman–Crippen MR) is 94.7 cm³/mol. The molecule has 0 aromatic heterocycles. The molecule has 0 aliphatic carbocycles. The highest BCUT2D eigenvalue weighted by molar-refractivity contribution is 6.42. The highest BCUT2D eigenvalue weighted by Gasteiger charge is 2.33. The first kappa shape index (κ1) is 17.2. The van der Waals surface area contributed by atoms with Crippen molar-refractivity contribution in [3.63, 3.8) is 0 Å². The smallest absolute Gasteiger partial charge is 0.0624 e. The molecule has 0 saturated heterocycles. The molecule has 2 aromatic carbocycles. The summed E-state index contributed by atoms with van der Waals surface area (Å²) in [5, 5.41) is 1.70. The monoisotopic (exact) mass is 380 g/mol. The van der Waals surface area contributed by atoms with E-state index in [2.05, 4.69) is 0 Å². The molecular weight excluding hydrogens is 369 g/mol. The normalized spacial score (nSPS) is 11.7. The summed E-state index contributed by atoms with van der Waals surface area (Å²) in [7, 11) is 0. The van der Waals surface area contributed by atoms with Crippen molar-refractivity contribution in [3.8, 4) is 0 Å². The van der Waals surface area contributed by atoms with Crippen molar-refractivity contribution in [3.05, 3.63) is 68.7 Å². The van der Waals surface area contributed by atoms with Crippen LogP contribution in [0, 0.1) is 0 Å². The zero-order chi connectivity index (χ0) is 15.5. The maximum Gasteiger partial charge on any atom is 0.0624 e. The molecule has 21 heavy (non-hydrogen) atoms. The van der Waals surface area contributed by atoms with Crippen LogP contribution < -0.4 is 0 Å². The van der Waals surface area contributed by atoms with Crippen molar-refractivity contribution in [2.45, 2.75) is 11.8 Å². The van der Waals surface area contributed by atoms with Crippen molar-refractivity contribution in [2.75, 3.05) is 11.8 Å². The Morgan fingerprint density at radius 3 is 2.00 bits per heavy atom. The Morgan fingerprint density at radius 1 is 0.762 bits per heavy atom. The maximum atomic E-state index is 6.33. The molecule has 0 nitrogen and oxygen atoms in total. The predicted octanol–water partition coefficient (Wildman–Crippen LogP) is 6.60. The molecule has 0 heterocycles. The molecule has 2 rings (SSSR count). The molecule has 0 radical (unpaired) electrons. The average Bonchev–Trinajstić information content (AvgIpc) is 2.50. The van der Waals surface area contributed by atoms with Gasteiger partial charge in [0.25, 0.3) is 0 Å². The van der Waals surface area contributed by atoms with E-state index in [1.165, 1.54) is 0 Å². The zero-order valence-electron chi connectivity index (χ0n) is 11.1. The summed E-state index contributed by atoms with van der Waals surface area (Å²) < 4.78 is 0. The summed E-state index contributed by atoms with van der Waals surface area (Å²) in [6, 6.07) is 13.1. The molecule has 2 aromatic rings. The van der Waals surface area contributed by atoms with Crippen LogP contribution in [0.1, 0.15) is 11.1 Å². The van der Waals surface area contributed by atoms with Gasteiger partial charge in [-0.1, -0.05) is 65.1 Å². The zero-order valence-corrected chi connectivity index (χ0v) is 14.8. The number of halogens is 5. The molecule has 0 N–H and O–H groups in total. The minimum Gasteiger partial charge on any atom is -0.126 e. The topological polar surface area (TPSA) is 0 Å². The van der Waals surface area contributed by atoms with Gasteiger partial charge in [0, 0.05) is 22.2 Å². The first-order valence-corrected chi connectivity index (χ1v) is 8.54. The Balaban J connectivity index is 2.49. The standard InChI is InChI=1S/C16H13Cl5/c17-9-16(10-18,12-5-1-2-6-13(12)19)8-11-4-3-7-14(20)15(11)21/h1-7H,8-10H2. The van der Waals surface area contributed by atoms with E-state index >= 15 is 0 Å². The Hall–Kier alpha value is -0.110. The fraction of sp³-hybridized carbons (Fsp3) is 0.250. The highest BCUT2D eigenvalue weighted by atomic mass is 35.5. The van der Waals surface area contributed by atoms with Gasteiger partial charge in [-0.05, 0) is 29.7 Å². The minimum atomic E-state index is -0.490. The van der Waals surface area contributed by atoms with E-state index in [4.69, 9.17) is 58.0 Å². The van der Waals surface area contributed by atoms with E-state index in [0.29, 0.717) is 33.2 Å². The van der Waals surface area contributed by atoms with E-state index in [1.807, 2.05) is 36.4 Å². The fourth-order valence-electron chi connectivity index (χ4n) is 2.31. The number of hydrogen-bond donors (Lipinski definition) is 0. The molecule has 0 bridgehead atoms. The summed E-state index contributed by atoms with van der Waals surface area (Å²) in [6.45, 7) is 0. The van der Waals surface area contributed by atoms with Gasteiger partial charge in [0.1, 0.15) is 0 Å².